The number of rotatable bonds is 6. The normalized spacial score (nSPS) is 10.5. The topological polar surface area (TPSA) is 60.2 Å². The lowest BCUT2D eigenvalue weighted by Crippen LogP contribution is -2.33. The molecule has 1 heterocycles. The molecule has 0 fully saturated rings. The molecule has 0 saturated carbocycles. The van der Waals surface area contributed by atoms with E-state index in [9.17, 15) is 4.79 Å². The molecule has 28 heavy (non-hydrogen) atoms. The highest BCUT2D eigenvalue weighted by molar-refractivity contribution is 7.22. The molecule has 0 saturated heterocycles. The number of anilines is 1. The summed E-state index contributed by atoms with van der Waals surface area (Å²) < 4.78 is 0.947. The third-order valence-corrected chi connectivity index (χ3v) is 5.34. The smallest absolute Gasteiger partial charge is 0.260 e. The molecule has 0 aliphatic carbocycles. The van der Waals surface area contributed by atoms with Crippen molar-refractivity contribution >= 4 is 56.6 Å². The van der Waals surface area contributed by atoms with Gasteiger partial charge in [0, 0.05) is 17.1 Å². The van der Waals surface area contributed by atoms with E-state index in [1.165, 1.54) is 11.3 Å². The zero-order valence-corrected chi connectivity index (χ0v) is 17.9. The molecule has 0 atom stereocenters. The number of aromatic nitrogens is 1. The third kappa shape index (κ3) is 5.21. The van der Waals surface area contributed by atoms with Crippen molar-refractivity contribution in [3.63, 3.8) is 0 Å². The molecule has 1 amide bonds. The standard InChI is InChI=1S/C20H19ClN4OS.ClH/c1-24(2)10-3-11-25(19(26)15-6-4-14(13-22)5-7-15)20-23-17-9-8-16(21)12-18(17)27-20;/h4-9,12H,3,10-11H2,1-2H3;1H. The number of amides is 1. The van der Waals surface area contributed by atoms with Gasteiger partial charge in [0.25, 0.3) is 5.91 Å². The lowest BCUT2D eigenvalue weighted by atomic mass is 10.1. The quantitative estimate of drug-likeness (QED) is 0.556. The SMILES string of the molecule is CN(C)CCCN(C(=O)c1ccc(C#N)cc1)c1nc2ccc(Cl)cc2s1.Cl. The van der Waals surface area contributed by atoms with Crippen LogP contribution in [0, 0.1) is 11.3 Å². The van der Waals surface area contributed by atoms with Crippen LogP contribution in [0.5, 0.6) is 0 Å². The molecule has 0 aliphatic rings. The van der Waals surface area contributed by atoms with Crippen molar-refractivity contribution in [2.24, 2.45) is 0 Å². The number of hydrogen-bond acceptors (Lipinski definition) is 5. The fourth-order valence-electron chi connectivity index (χ4n) is 2.67. The molecule has 0 unspecified atom stereocenters. The number of thiazole rings is 1. The molecule has 8 heteroatoms. The van der Waals surface area contributed by atoms with E-state index in [-0.39, 0.29) is 18.3 Å². The van der Waals surface area contributed by atoms with Crippen molar-refractivity contribution in [2.75, 3.05) is 32.1 Å². The van der Waals surface area contributed by atoms with Crippen molar-refractivity contribution < 1.29 is 4.79 Å². The Hall–Kier alpha value is -2.17. The zero-order chi connectivity index (χ0) is 19.4. The van der Waals surface area contributed by atoms with Crippen molar-refractivity contribution in [3.8, 4) is 6.07 Å². The summed E-state index contributed by atoms with van der Waals surface area (Å²) in [4.78, 5) is 21.6. The van der Waals surface area contributed by atoms with Crippen LogP contribution in [0.15, 0.2) is 42.5 Å². The fourth-order valence-corrected chi connectivity index (χ4v) is 3.94. The summed E-state index contributed by atoms with van der Waals surface area (Å²) in [5.41, 5.74) is 1.89. The Kier molecular flexibility index (Phi) is 7.78. The van der Waals surface area contributed by atoms with Crippen LogP contribution in [-0.2, 0) is 0 Å². The maximum absolute atomic E-state index is 13.1. The van der Waals surface area contributed by atoms with E-state index in [0.29, 0.717) is 27.8 Å². The zero-order valence-electron chi connectivity index (χ0n) is 15.6. The number of fused-ring (bicyclic) bond motifs is 1. The maximum Gasteiger partial charge on any atom is 0.260 e. The highest BCUT2D eigenvalue weighted by Crippen LogP contribution is 2.31. The van der Waals surface area contributed by atoms with Crippen molar-refractivity contribution in [3.05, 3.63) is 58.6 Å². The minimum atomic E-state index is -0.122. The lowest BCUT2D eigenvalue weighted by molar-refractivity contribution is 0.0986. The summed E-state index contributed by atoms with van der Waals surface area (Å²) in [6.07, 6.45) is 0.825. The molecule has 3 aromatic rings. The summed E-state index contributed by atoms with van der Waals surface area (Å²) in [5.74, 6) is -0.122. The molecule has 0 spiro atoms. The second-order valence-electron chi connectivity index (χ2n) is 6.41. The number of carbonyl (C=O) groups excluding carboxylic acids is 1. The molecule has 146 valence electrons. The van der Waals surface area contributed by atoms with E-state index in [2.05, 4.69) is 16.0 Å². The number of nitrogens with zero attached hydrogens (tertiary/aromatic N) is 4. The third-order valence-electron chi connectivity index (χ3n) is 4.06. The lowest BCUT2D eigenvalue weighted by Gasteiger charge is -2.21. The van der Waals surface area contributed by atoms with Gasteiger partial charge >= 0.3 is 0 Å². The van der Waals surface area contributed by atoms with Crippen LogP contribution in [0.25, 0.3) is 10.2 Å². The van der Waals surface area contributed by atoms with Crippen LogP contribution in [-0.4, -0.2) is 43.0 Å². The van der Waals surface area contributed by atoms with Crippen molar-refractivity contribution in [1.82, 2.24) is 9.88 Å². The van der Waals surface area contributed by atoms with Gasteiger partial charge in [0.1, 0.15) is 0 Å². The van der Waals surface area contributed by atoms with Gasteiger partial charge in [0.15, 0.2) is 5.13 Å². The average Bonchev–Trinajstić information content (AvgIpc) is 3.07. The van der Waals surface area contributed by atoms with E-state index < -0.39 is 0 Å². The Morgan fingerprint density at radius 3 is 2.54 bits per heavy atom. The van der Waals surface area contributed by atoms with Crippen LogP contribution in [0.3, 0.4) is 0 Å². The van der Waals surface area contributed by atoms with Gasteiger partial charge in [-0.1, -0.05) is 22.9 Å². The molecule has 0 aliphatic heterocycles. The Labute approximate surface area is 179 Å². The van der Waals surface area contributed by atoms with Crippen LogP contribution in [0.4, 0.5) is 5.13 Å². The second-order valence-corrected chi connectivity index (χ2v) is 7.86. The maximum atomic E-state index is 13.1. The van der Waals surface area contributed by atoms with Crippen LogP contribution in [0.2, 0.25) is 5.02 Å². The highest BCUT2D eigenvalue weighted by atomic mass is 35.5. The van der Waals surface area contributed by atoms with E-state index in [0.717, 1.165) is 23.2 Å². The predicted molar refractivity (Wildman–Crippen MR) is 118 cm³/mol. The second kappa shape index (κ2) is 9.85. The number of carbonyl (C=O) groups is 1. The van der Waals surface area contributed by atoms with E-state index >= 15 is 0 Å². The molecule has 0 radical (unpaired) electrons. The largest absolute Gasteiger partial charge is 0.309 e. The van der Waals surface area contributed by atoms with Gasteiger partial charge < -0.3 is 4.90 Å². The molecular weight excluding hydrogens is 415 g/mol. The molecule has 2 aromatic carbocycles. The first-order valence-corrected chi connectivity index (χ1v) is 9.70. The Bertz CT molecular complexity index is 996. The van der Waals surface area contributed by atoms with Crippen molar-refractivity contribution in [2.45, 2.75) is 6.42 Å². The minimum absolute atomic E-state index is 0. The van der Waals surface area contributed by atoms with Gasteiger partial charge in [-0.2, -0.15) is 5.26 Å². The predicted octanol–water partition coefficient (Wildman–Crippen LogP) is 4.84. The summed E-state index contributed by atoms with van der Waals surface area (Å²) in [7, 11) is 4.01. The summed E-state index contributed by atoms with van der Waals surface area (Å²) >= 11 is 7.53. The highest BCUT2D eigenvalue weighted by Gasteiger charge is 2.21. The van der Waals surface area contributed by atoms with Gasteiger partial charge in [-0.15, -0.1) is 12.4 Å². The minimum Gasteiger partial charge on any atom is -0.309 e. The van der Waals surface area contributed by atoms with Gasteiger partial charge in [-0.05, 0) is 69.5 Å². The first kappa shape index (κ1) is 22.1. The number of nitriles is 1. The summed E-state index contributed by atoms with van der Waals surface area (Å²) in [6, 6.07) is 14.3. The molecule has 0 N–H and O–H groups in total. The number of hydrogen-bond donors (Lipinski definition) is 0. The van der Waals surface area contributed by atoms with Crippen molar-refractivity contribution in [1.29, 1.82) is 5.26 Å². The molecular formula is C20H20Cl2N4OS. The summed E-state index contributed by atoms with van der Waals surface area (Å²) in [6.45, 7) is 1.43. The number of benzene rings is 2. The molecule has 1 aromatic heterocycles. The average molecular weight is 435 g/mol. The first-order chi connectivity index (χ1) is 13.0. The van der Waals surface area contributed by atoms with E-state index in [1.807, 2.05) is 26.2 Å². The van der Waals surface area contributed by atoms with E-state index in [4.69, 9.17) is 16.9 Å². The van der Waals surface area contributed by atoms with Crippen LogP contribution in [0.1, 0.15) is 22.3 Å². The Balaban J connectivity index is 0.00000280. The monoisotopic (exact) mass is 434 g/mol. The van der Waals surface area contributed by atoms with Crippen LogP contribution < -0.4 is 4.90 Å². The molecule has 0 bridgehead atoms. The molecule has 3 rings (SSSR count). The van der Waals surface area contributed by atoms with E-state index in [1.54, 1.807) is 35.2 Å². The Morgan fingerprint density at radius 2 is 1.89 bits per heavy atom. The summed E-state index contributed by atoms with van der Waals surface area (Å²) in [5, 5.41) is 10.3. The van der Waals surface area contributed by atoms with Gasteiger partial charge in [-0.25, -0.2) is 4.98 Å². The van der Waals surface area contributed by atoms with Gasteiger partial charge in [0.2, 0.25) is 0 Å². The van der Waals surface area contributed by atoms with Gasteiger partial charge in [0.05, 0.1) is 21.8 Å². The first-order valence-electron chi connectivity index (χ1n) is 8.51. The Morgan fingerprint density at radius 1 is 1.18 bits per heavy atom. The van der Waals surface area contributed by atoms with Gasteiger partial charge in [-0.3, -0.25) is 9.69 Å². The molecule has 5 nitrogen and oxygen atoms in total. The van der Waals surface area contributed by atoms with Crippen LogP contribution >= 0.6 is 35.3 Å². The fraction of sp³-hybridized carbons (Fsp3) is 0.250. The number of halogens is 2.